The molecular weight excluding hydrogens is 306 g/mol. The van der Waals surface area contributed by atoms with E-state index in [1.54, 1.807) is 0 Å². The SMILES string of the molecule is CC(C)(C)[C@H](N)c1c(Br)cccc1Br. The minimum atomic E-state index is 0.0208. The Hall–Kier alpha value is 0.140. The van der Waals surface area contributed by atoms with Crippen molar-refractivity contribution in [3.05, 3.63) is 32.7 Å². The minimum Gasteiger partial charge on any atom is -0.323 e. The van der Waals surface area contributed by atoms with Crippen LogP contribution in [0.15, 0.2) is 27.1 Å². The molecule has 2 N–H and O–H groups in total. The van der Waals surface area contributed by atoms with E-state index in [9.17, 15) is 0 Å². The molecule has 0 fully saturated rings. The molecule has 0 heterocycles. The number of benzene rings is 1. The lowest BCUT2D eigenvalue weighted by atomic mass is 9.83. The molecule has 1 aromatic carbocycles. The zero-order valence-electron chi connectivity index (χ0n) is 8.64. The standard InChI is InChI=1S/C11H15Br2N/c1-11(2,3)10(14)9-7(12)5-4-6-8(9)13/h4-6,10H,14H2,1-3H3/t10-/m1/s1. The molecule has 0 saturated carbocycles. The molecule has 0 aliphatic rings. The quantitative estimate of drug-likeness (QED) is 0.822. The summed E-state index contributed by atoms with van der Waals surface area (Å²) < 4.78 is 2.13. The smallest absolute Gasteiger partial charge is 0.0366 e. The maximum absolute atomic E-state index is 6.21. The van der Waals surface area contributed by atoms with Crippen LogP contribution in [0.4, 0.5) is 0 Å². The van der Waals surface area contributed by atoms with E-state index >= 15 is 0 Å². The van der Waals surface area contributed by atoms with Crippen molar-refractivity contribution in [3.8, 4) is 0 Å². The summed E-state index contributed by atoms with van der Waals surface area (Å²) in [5.74, 6) is 0. The van der Waals surface area contributed by atoms with Crippen molar-refractivity contribution in [2.24, 2.45) is 11.1 Å². The molecule has 0 radical (unpaired) electrons. The summed E-state index contributed by atoms with van der Waals surface area (Å²) >= 11 is 7.06. The average molecular weight is 321 g/mol. The Morgan fingerprint density at radius 3 is 1.93 bits per heavy atom. The van der Waals surface area contributed by atoms with Gasteiger partial charge in [0, 0.05) is 15.0 Å². The number of halogens is 2. The number of hydrogen-bond donors (Lipinski definition) is 1. The van der Waals surface area contributed by atoms with Gasteiger partial charge in [-0.2, -0.15) is 0 Å². The maximum atomic E-state index is 6.21. The van der Waals surface area contributed by atoms with Crippen LogP contribution in [-0.2, 0) is 0 Å². The Kier molecular flexibility index (Phi) is 3.78. The van der Waals surface area contributed by atoms with Crippen molar-refractivity contribution in [2.75, 3.05) is 0 Å². The highest BCUT2D eigenvalue weighted by Gasteiger charge is 2.25. The molecule has 14 heavy (non-hydrogen) atoms. The summed E-state index contributed by atoms with van der Waals surface area (Å²) in [6.45, 7) is 6.43. The van der Waals surface area contributed by atoms with Crippen molar-refractivity contribution >= 4 is 31.9 Å². The van der Waals surface area contributed by atoms with Crippen molar-refractivity contribution in [2.45, 2.75) is 26.8 Å². The number of nitrogens with two attached hydrogens (primary N) is 1. The average Bonchev–Trinajstić information content (AvgIpc) is 2.01. The van der Waals surface area contributed by atoms with Gasteiger partial charge in [0.2, 0.25) is 0 Å². The van der Waals surface area contributed by atoms with Crippen molar-refractivity contribution in [3.63, 3.8) is 0 Å². The summed E-state index contributed by atoms with van der Waals surface area (Å²) in [5.41, 5.74) is 7.41. The second kappa shape index (κ2) is 4.33. The zero-order chi connectivity index (χ0) is 10.9. The number of hydrogen-bond acceptors (Lipinski definition) is 1. The third-order valence-corrected chi connectivity index (χ3v) is 3.63. The van der Waals surface area contributed by atoms with Crippen LogP contribution in [0.2, 0.25) is 0 Å². The monoisotopic (exact) mass is 319 g/mol. The van der Waals surface area contributed by atoms with E-state index in [1.807, 2.05) is 18.2 Å². The topological polar surface area (TPSA) is 26.0 Å². The van der Waals surface area contributed by atoms with Gasteiger partial charge in [-0.3, -0.25) is 0 Å². The van der Waals surface area contributed by atoms with E-state index in [0.29, 0.717) is 0 Å². The summed E-state index contributed by atoms with van der Waals surface area (Å²) in [7, 11) is 0. The van der Waals surface area contributed by atoms with Crippen molar-refractivity contribution in [1.82, 2.24) is 0 Å². The fraction of sp³-hybridized carbons (Fsp3) is 0.455. The lowest BCUT2D eigenvalue weighted by Crippen LogP contribution is -2.26. The molecule has 0 bridgehead atoms. The summed E-state index contributed by atoms with van der Waals surface area (Å²) in [5, 5.41) is 0. The fourth-order valence-corrected chi connectivity index (χ4v) is 2.73. The first-order chi connectivity index (χ1) is 6.34. The fourth-order valence-electron chi connectivity index (χ4n) is 1.24. The third-order valence-electron chi connectivity index (χ3n) is 2.24. The Labute approximate surface area is 102 Å². The van der Waals surface area contributed by atoms with E-state index in [0.717, 1.165) is 14.5 Å². The first-order valence-corrected chi connectivity index (χ1v) is 6.12. The van der Waals surface area contributed by atoms with E-state index < -0.39 is 0 Å². The van der Waals surface area contributed by atoms with Gasteiger partial charge in [0.05, 0.1) is 0 Å². The highest BCUT2D eigenvalue weighted by Crippen LogP contribution is 2.38. The lowest BCUT2D eigenvalue weighted by Gasteiger charge is -2.29. The zero-order valence-corrected chi connectivity index (χ0v) is 11.8. The molecule has 0 aliphatic heterocycles. The van der Waals surface area contributed by atoms with Crippen LogP contribution in [-0.4, -0.2) is 0 Å². The summed E-state index contributed by atoms with van der Waals surface area (Å²) in [4.78, 5) is 0. The Morgan fingerprint density at radius 1 is 1.14 bits per heavy atom. The molecule has 0 aromatic heterocycles. The second-order valence-corrected chi connectivity index (χ2v) is 6.19. The Morgan fingerprint density at radius 2 is 1.57 bits per heavy atom. The number of rotatable bonds is 1. The van der Waals surface area contributed by atoms with Crippen LogP contribution in [0.1, 0.15) is 32.4 Å². The van der Waals surface area contributed by atoms with Gasteiger partial charge >= 0.3 is 0 Å². The van der Waals surface area contributed by atoms with Crippen LogP contribution < -0.4 is 5.73 Å². The minimum absolute atomic E-state index is 0.0208. The van der Waals surface area contributed by atoms with Gasteiger partial charge in [-0.05, 0) is 23.1 Å². The highest BCUT2D eigenvalue weighted by molar-refractivity contribution is 9.11. The highest BCUT2D eigenvalue weighted by atomic mass is 79.9. The molecule has 1 rings (SSSR count). The molecule has 0 unspecified atom stereocenters. The molecule has 0 amide bonds. The predicted molar refractivity (Wildman–Crippen MR) is 68.2 cm³/mol. The summed E-state index contributed by atoms with van der Waals surface area (Å²) in [6, 6.07) is 6.05. The van der Waals surface area contributed by atoms with Crippen LogP contribution in [0, 0.1) is 5.41 Å². The maximum Gasteiger partial charge on any atom is 0.0366 e. The van der Waals surface area contributed by atoms with Crippen LogP contribution in [0.25, 0.3) is 0 Å². The van der Waals surface area contributed by atoms with Gasteiger partial charge in [-0.25, -0.2) is 0 Å². The molecule has 3 heteroatoms. The molecular formula is C11H15Br2N. The van der Waals surface area contributed by atoms with Crippen LogP contribution in [0.3, 0.4) is 0 Å². The molecule has 78 valence electrons. The van der Waals surface area contributed by atoms with Gasteiger partial charge in [0.1, 0.15) is 0 Å². The van der Waals surface area contributed by atoms with Crippen LogP contribution >= 0.6 is 31.9 Å². The second-order valence-electron chi connectivity index (χ2n) is 4.48. The van der Waals surface area contributed by atoms with Gasteiger partial charge < -0.3 is 5.73 Å². The lowest BCUT2D eigenvalue weighted by molar-refractivity contribution is 0.325. The predicted octanol–water partition coefficient (Wildman–Crippen LogP) is 4.26. The molecule has 0 spiro atoms. The molecule has 0 saturated heterocycles. The normalized spacial score (nSPS) is 14.1. The first-order valence-electron chi connectivity index (χ1n) is 4.53. The van der Waals surface area contributed by atoms with E-state index in [1.165, 1.54) is 0 Å². The van der Waals surface area contributed by atoms with Crippen LogP contribution in [0.5, 0.6) is 0 Å². The van der Waals surface area contributed by atoms with E-state index in [-0.39, 0.29) is 11.5 Å². The molecule has 0 aliphatic carbocycles. The Balaban J connectivity index is 3.19. The molecule has 1 aromatic rings. The van der Waals surface area contributed by atoms with E-state index in [4.69, 9.17) is 5.73 Å². The Bertz CT molecular complexity index is 308. The first kappa shape index (κ1) is 12.2. The third kappa shape index (κ3) is 2.59. The van der Waals surface area contributed by atoms with Crippen molar-refractivity contribution < 1.29 is 0 Å². The van der Waals surface area contributed by atoms with E-state index in [2.05, 4.69) is 52.6 Å². The molecule has 1 atom stereocenters. The summed E-state index contributed by atoms with van der Waals surface area (Å²) in [6.07, 6.45) is 0. The van der Waals surface area contributed by atoms with Gasteiger partial charge in [0.15, 0.2) is 0 Å². The van der Waals surface area contributed by atoms with Crippen molar-refractivity contribution in [1.29, 1.82) is 0 Å². The van der Waals surface area contributed by atoms with Gasteiger partial charge in [-0.15, -0.1) is 0 Å². The van der Waals surface area contributed by atoms with Gasteiger partial charge in [0.25, 0.3) is 0 Å². The largest absolute Gasteiger partial charge is 0.323 e. The molecule has 1 nitrogen and oxygen atoms in total. The van der Waals surface area contributed by atoms with Gasteiger partial charge in [-0.1, -0.05) is 58.7 Å².